The van der Waals surface area contributed by atoms with Crippen LogP contribution in [-0.4, -0.2) is 72.0 Å². The minimum absolute atomic E-state index is 0. The molecule has 0 heterocycles. The van der Waals surface area contributed by atoms with Crippen LogP contribution in [0.2, 0.25) is 0 Å². The minimum Gasteiger partial charge on any atom is -0.344 e. The van der Waals surface area contributed by atoms with Crippen LogP contribution in [0.3, 0.4) is 0 Å². The Balaban J connectivity index is -0.000000138. The fourth-order valence-electron chi connectivity index (χ4n) is 16.9. The first-order valence-electron chi connectivity index (χ1n) is 65.8. The number of nitrogens with two attached hydrogens (primary N) is 11. The summed E-state index contributed by atoms with van der Waals surface area (Å²) in [6, 6.07) is 31.5. The normalized spacial score (nSPS) is 10.9. The summed E-state index contributed by atoms with van der Waals surface area (Å²) in [5, 5.41) is 0. The first-order chi connectivity index (χ1) is 72.0. The van der Waals surface area contributed by atoms with E-state index in [9.17, 15) is 0 Å². The van der Waals surface area contributed by atoms with E-state index in [0.29, 0.717) is 23.7 Å². The molecule has 149 heavy (non-hydrogen) atoms. The van der Waals surface area contributed by atoms with Crippen molar-refractivity contribution in [3.8, 4) is 0 Å². The Bertz CT molecular complexity index is 2290. The maximum Gasteiger partial charge on any atom is 0.00610 e. The molecule has 0 aromatic heterocycles. The second-order valence-electron chi connectivity index (χ2n) is 43.7. The van der Waals surface area contributed by atoms with E-state index in [4.69, 9.17) is 63.1 Å². The van der Waals surface area contributed by atoms with Crippen molar-refractivity contribution in [3.63, 3.8) is 0 Å². The average Bonchev–Trinajstić information content (AvgIpc) is 0.882. The van der Waals surface area contributed by atoms with Gasteiger partial charge in [-0.25, -0.2) is 0 Å². The summed E-state index contributed by atoms with van der Waals surface area (Å²) in [7, 11) is 0. The van der Waals surface area contributed by atoms with Gasteiger partial charge in [-0.2, -0.15) is 0 Å². The summed E-state index contributed by atoms with van der Waals surface area (Å²) in [6.07, 6.45) is 119. The van der Waals surface area contributed by atoms with E-state index in [2.05, 4.69) is 184 Å². The van der Waals surface area contributed by atoms with Gasteiger partial charge in [0.15, 0.2) is 0 Å². The van der Waals surface area contributed by atoms with Gasteiger partial charge in [-0.3, -0.25) is 0 Å². The second-order valence-corrected chi connectivity index (χ2v) is 43.7. The molecule has 0 fully saturated rings. The molecule has 0 aliphatic carbocycles. The molecule has 0 bridgehead atoms. The van der Waals surface area contributed by atoms with Gasteiger partial charge in [0.2, 0.25) is 0 Å². The smallest absolute Gasteiger partial charge is 0.00610 e. The van der Waals surface area contributed by atoms with E-state index in [1.807, 2.05) is 25.1 Å². The van der Waals surface area contributed by atoms with Crippen molar-refractivity contribution < 1.29 is 0 Å². The maximum atomic E-state index is 5.52. The van der Waals surface area contributed by atoms with Crippen LogP contribution >= 0.6 is 0 Å². The molecule has 3 unspecified atom stereocenters. The van der Waals surface area contributed by atoms with Crippen LogP contribution in [0, 0.1) is 17.8 Å². The number of benzene rings is 3. The fourth-order valence-corrected chi connectivity index (χ4v) is 16.9. The lowest BCUT2D eigenvalue weighted by Gasteiger charge is -2.11. The lowest BCUT2D eigenvalue weighted by molar-refractivity contribution is 0.461. The average molecular weight is 2110 g/mol. The van der Waals surface area contributed by atoms with E-state index >= 15 is 0 Å². The van der Waals surface area contributed by atoms with Crippen LogP contribution < -0.4 is 75.4 Å². The fraction of sp³-hybridized carbons (Fsp3) is 0.868. The van der Waals surface area contributed by atoms with Crippen LogP contribution in [0.5, 0.6) is 0 Å². The molecule has 3 atom stereocenters. The van der Waals surface area contributed by atoms with Gasteiger partial charge in [0, 0.05) is 5.92 Å². The van der Waals surface area contributed by atoms with Gasteiger partial charge in [-0.1, -0.05) is 710 Å². The molecule has 13 nitrogen and oxygen atoms in total. The highest BCUT2D eigenvalue weighted by atomic mass is 14.6. The quantitative estimate of drug-likeness (QED) is 0.0234. The molecule has 3 aromatic rings. The largest absolute Gasteiger partial charge is 0.344 e. The van der Waals surface area contributed by atoms with Gasteiger partial charge in [-0.15, -0.1) is 0 Å². The third kappa shape index (κ3) is 181. The summed E-state index contributed by atoms with van der Waals surface area (Å²) in [6.45, 7) is 46.6. The molecule has 0 spiro atoms. The third-order valence-corrected chi connectivity index (χ3v) is 28.1. The van der Waals surface area contributed by atoms with Gasteiger partial charge < -0.3 is 75.4 Å². The van der Waals surface area contributed by atoms with E-state index in [1.54, 1.807) is 0 Å². The summed E-state index contributed by atoms with van der Waals surface area (Å²) in [4.78, 5) is 0. The predicted molar refractivity (Wildman–Crippen MR) is 693 cm³/mol. The van der Waals surface area contributed by atoms with Gasteiger partial charge in [-0.05, 0) is 157 Å². The summed E-state index contributed by atoms with van der Waals surface area (Å²) >= 11 is 0. The highest BCUT2D eigenvalue weighted by Gasteiger charge is 2.08. The Kier molecular flexibility index (Phi) is 198. The lowest BCUT2D eigenvalue weighted by atomic mass is 9.93. The Labute approximate surface area is 942 Å². The topological polar surface area (TPSA) is 356 Å². The Hall–Kier alpha value is -2.86. The second kappa shape index (κ2) is 173. The zero-order valence-corrected chi connectivity index (χ0v) is 106. The van der Waals surface area contributed by atoms with Crippen LogP contribution in [-0.2, 0) is 0 Å². The molecule has 3 rings (SSSR count). The molecule has 900 valence electrons. The van der Waals surface area contributed by atoms with Crippen LogP contribution in [0.4, 0.5) is 0 Å². The van der Waals surface area contributed by atoms with E-state index in [0.717, 1.165) is 77.9 Å². The highest BCUT2D eigenvalue weighted by molar-refractivity contribution is 5.31. The molecular formula is C136H291N13. The number of unbranched alkanes of at least 4 members (excludes halogenated alkanes) is 74. The van der Waals surface area contributed by atoms with Crippen molar-refractivity contribution in [2.24, 2.45) is 80.8 Å². The first-order valence-corrected chi connectivity index (χ1v) is 65.8. The molecule has 0 aliphatic rings. The van der Waals surface area contributed by atoms with Crippen molar-refractivity contribution in [1.82, 2.24) is 12.3 Å². The van der Waals surface area contributed by atoms with Gasteiger partial charge in [0.05, 0.1) is 0 Å². The van der Waals surface area contributed by atoms with Crippen molar-refractivity contribution >= 4 is 0 Å². The highest BCUT2D eigenvalue weighted by Crippen LogP contribution is 2.25. The number of hydrogen-bond acceptors (Lipinski definition) is 13. The summed E-state index contributed by atoms with van der Waals surface area (Å²) < 4.78 is 0. The lowest BCUT2D eigenvalue weighted by Crippen LogP contribution is -2.12. The van der Waals surface area contributed by atoms with Crippen LogP contribution in [0.1, 0.15) is 692 Å². The van der Waals surface area contributed by atoms with E-state index in [1.165, 1.54) is 562 Å². The van der Waals surface area contributed by atoms with E-state index in [-0.39, 0.29) is 12.3 Å². The van der Waals surface area contributed by atoms with Gasteiger partial charge in [0.25, 0.3) is 0 Å². The summed E-state index contributed by atoms with van der Waals surface area (Å²) in [5.74, 6) is 3.13. The van der Waals surface area contributed by atoms with Crippen molar-refractivity contribution in [3.05, 3.63) is 108 Å². The molecular weight excluding hydrogens is 1820 g/mol. The molecule has 3 aromatic carbocycles. The molecule has 0 radical (unpaired) electrons. The zero-order chi connectivity index (χ0) is 111. The Morgan fingerprint density at radius 2 is 0.315 bits per heavy atom. The van der Waals surface area contributed by atoms with Gasteiger partial charge >= 0.3 is 0 Å². The minimum atomic E-state index is 0. The van der Waals surface area contributed by atoms with Crippen molar-refractivity contribution in [2.45, 2.75) is 675 Å². The molecule has 28 N–H and O–H groups in total. The third-order valence-electron chi connectivity index (χ3n) is 28.1. The molecule has 13 heteroatoms. The van der Waals surface area contributed by atoms with Gasteiger partial charge in [0.1, 0.15) is 0 Å². The number of hydrogen-bond donors (Lipinski definition) is 13. The van der Waals surface area contributed by atoms with Crippen molar-refractivity contribution in [1.29, 1.82) is 0 Å². The molecule has 0 saturated carbocycles. The monoisotopic (exact) mass is 2110 g/mol. The SMILES string of the molecule is CC(C)CN.CC(CN)c1ccccc1.CC(c1ccccc1)c1ccccc1.CCC(C)CN.CCCCC(CC)CN.CCCCCCCCCCCCCC.CCCCCCCCCCCCCCCCCCN.CCCCCCCCCCCCCCCCN.CCCCCCCCCCCCCN.CCCCCCCCCCCCN.CCCCCCCCCCCN.CCCCCCCCCCN.CCN.N.N. The van der Waals surface area contributed by atoms with Crippen molar-refractivity contribution in [2.75, 3.05) is 72.0 Å². The summed E-state index contributed by atoms with van der Waals surface area (Å²) in [5.41, 5.74) is 63.0. The maximum absolute atomic E-state index is 5.52. The Morgan fingerprint density at radius 3 is 0.423 bits per heavy atom. The number of rotatable bonds is 91. The Morgan fingerprint density at radius 1 is 0.168 bits per heavy atom. The van der Waals surface area contributed by atoms with Crippen LogP contribution in [0.25, 0.3) is 0 Å². The standard InChI is InChI=1S/C18H39N.C16H35N.C14H14.C14H30.C13H29N.C12H27N.C11H25N.C10H23N.C9H13N.C8H19N.C5H13N.C4H11N.C2H7N.2H3N/c1-2-3-4-5-6-7-8-9-10-11-12-13-14-15-16-17-18-19;1-2-3-4-5-6-7-8-9-10-11-12-13-14-15-16-17;1-12(13-8-4-2-5-9-13)14-10-6-3-7-11-14;1-3-5-7-9-11-13-14-12-10-8-6-4-2;1-2-3-4-5-6-7-8-9-10-11-12-13-14;1-2-3-4-5-6-7-8-9-10-11-12-13;1-2-3-4-5-6-7-8-9-10-11-12;1-2-3-4-5-6-7-8-9-10-11;1-8(7-10)9-5-3-2-4-6-9;1-3-5-6-8(4-2)7-9;1-3-5(2)4-6;1-4(2)3-5;1-2-3;;/h2-19H2,1H3;2-17H2,1H3;2-12H,1H3;3-14H2,1-2H3;2-14H2,1H3;2-13H2,1H3;2-12H2,1H3;2-11H2,1H3;2-6,8H,7,10H2,1H3;8H,3-7,9H2,1-2H3;5H,3-4,6H2,1-2H3;4H,3,5H2,1-2H3;2-3H2,1H3;2*1H3. The van der Waals surface area contributed by atoms with E-state index < -0.39 is 0 Å². The predicted octanol–water partition coefficient (Wildman–Crippen LogP) is 41.7. The molecule has 0 amide bonds. The zero-order valence-electron chi connectivity index (χ0n) is 106. The van der Waals surface area contributed by atoms with Crippen LogP contribution in [0.15, 0.2) is 91.0 Å². The first kappa shape index (κ1) is 171. The molecule has 0 saturated heterocycles. The molecule has 0 aliphatic heterocycles.